The van der Waals surface area contributed by atoms with Crippen LogP contribution in [0.25, 0.3) is 10.9 Å². The Kier molecular flexibility index (Phi) is 4.96. The molecule has 2 aromatic rings. The molecule has 0 aliphatic carbocycles. The van der Waals surface area contributed by atoms with Crippen molar-refractivity contribution in [3.8, 4) is 0 Å². The first-order chi connectivity index (χ1) is 8.81. The molecule has 0 bridgehead atoms. The van der Waals surface area contributed by atoms with E-state index in [9.17, 15) is 0 Å². The molecule has 1 aromatic carbocycles. The van der Waals surface area contributed by atoms with Crippen molar-refractivity contribution < 1.29 is 4.74 Å². The van der Waals surface area contributed by atoms with Crippen LogP contribution in [0.1, 0.15) is 12.8 Å². The molecule has 0 fully saturated rings. The summed E-state index contributed by atoms with van der Waals surface area (Å²) in [6.45, 7) is 1.77. The zero-order valence-corrected chi connectivity index (χ0v) is 12.0. The van der Waals surface area contributed by atoms with Crippen molar-refractivity contribution in [2.45, 2.75) is 12.8 Å². The SMILES string of the molecule is COCCCCNc1cccc2cc(Br)cnc12. The Morgan fingerprint density at radius 3 is 3.06 bits per heavy atom. The van der Waals surface area contributed by atoms with Crippen LogP contribution in [0.15, 0.2) is 34.9 Å². The van der Waals surface area contributed by atoms with Gasteiger partial charge in [-0.3, -0.25) is 4.98 Å². The maximum atomic E-state index is 5.03. The number of benzene rings is 1. The van der Waals surface area contributed by atoms with Crippen LogP contribution in [-0.4, -0.2) is 25.2 Å². The number of unbranched alkanes of at least 4 members (excludes halogenated alkanes) is 1. The van der Waals surface area contributed by atoms with Gasteiger partial charge in [-0.25, -0.2) is 0 Å². The van der Waals surface area contributed by atoms with Gasteiger partial charge in [0, 0.05) is 36.3 Å². The first-order valence-corrected chi connectivity index (χ1v) is 6.87. The number of nitrogens with one attached hydrogen (secondary N) is 1. The van der Waals surface area contributed by atoms with E-state index in [1.807, 2.05) is 12.3 Å². The maximum absolute atomic E-state index is 5.03. The largest absolute Gasteiger partial charge is 0.385 e. The van der Waals surface area contributed by atoms with Gasteiger partial charge in [-0.2, -0.15) is 0 Å². The molecule has 0 radical (unpaired) electrons. The highest BCUT2D eigenvalue weighted by atomic mass is 79.9. The molecule has 0 aliphatic heterocycles. The van der Waals surface area contributed by atoms with Crippen LogP contribution < -0.4 is 5.32 Å². The molecule has 0 amide bonds. The average molecular weight is 309 g/mol. The topological polar surface area (TPSA) is 34.1 Å². The van der Waals surface area contributed by atoms with Crippen LogP contribution in [0.5, 0.6) is 0 Å². The molecule has 1 N–H and O–H groups in total. The summed E-state index contributed by atoms with van der Waals surface area (Å²) in [5.74, 6) is 0. The summed E-state index contributed by atoms with van der Waals surface area (Å²) >= 11 is 3.44. The summed E-state index contributed by atoms with van der Waals surface area (Å²) in [6, 6.07) is 8.27. The van der Waals surface area contributed by atoms with Gasteiger partial charge >= 0.3 is 0 Å². The van der Waals surface area contributed by atoms with Crippen molar-refractivity contribution >= 4 is 32.5 Å². The summed E-state index contributed by atoms with van der Waals surface area (Å²) in [7, 11) is 1.74. The standard InChI is InChI=1S/C14H17BrN2O/c1-18-8-3-2-7-16-13-6-4-5-11-9-12(15)10-17-14(11)13/h4-6,9-10,16H,2-3,7-8H2,1H3. The lowest BCUT2D eigenvalue weighted by Crippen LogP contribution is -2.03. The number of fused-ring (bicyclic) bond motifs is 1. The smallest absolute Gasteiger partial charge is 0.0934 e. The van der Waals surface area contributed by atoms with Crippen LogP contribution >= 0.6 is 15.9 Å². The van der Waals surface area contributed by atoms with Gasteiger partial charge < -0.3 is 10.1 Å². The van der Waals surface area contributed by atoms with Crippen molar-refractivity contribution in [3.63, 3.8) is 0 Å². The lowest BCUT2D eigenvalue weighted by Gasteiger charge is -2.09. The van der Waals surface area contributed by atoms with E-state index in [0.717, 1.165) is 47.1 Å². The van der Waals surface area contributed by atoms with E-state index in [-0.39, 0.29) is 0 Å². The third-order valence-corrected chi connectivity index (χ3v) is 3.20. The lowest BCUT2D eigenvalue weighted by atomic mass is 10.2. The quantitative estimate of drug-likeness (QED) is 0.823. The fourth-order valence-electron chi connectivity index (χ4n) is 1.87. The Hall–Kier alpha value is -1.13. The highest BCUT2D eigenvalue weighted by Crippen LogP contribution is 2.23. The van der Waals surface area contributed by atoms with Gasteiger partial charge in [0.2, 0.25) is 0 Å². The van der Waals surface area contributed by atoms with Crippen molar-refractivity contribution in [3.05, 3.63) is 34.9 Å². The van der Waals surface area contributed by atoms with Gasteiger partial charge in [-0.15, -0.1) is 0 Å². The summed E-state index contributed by atoms with van der Waals surface area (Å²) in [5.41, 5.74) is 2.12. The van der Waals surface area contributed by atoms with Crippen molar-refractivity contribution in [2.24, 2.45) is 0 Å². The minimum absolute atomic E-state index is 0.822. The van der Waals surface area contributed by atoms with Crippen LogP contribution in [-0.2, 0) is 4.74 Å². The number of ether oxygens (including phenoxy) is 1. The molecule has 0 saturated heterocycles. The average Bonchev–Trinajstić information content (AvgIpc) is 2.38. The van der Waals surface area contributed by atoms with Crippen molar-refractivity contribution in [2.75, 3.05) is 25.6 Å². The van der Waals surface area contributed by atoms with Crippen molar-refractivity contribution in [1.29, 1.82) is 0 Å². The number of rotatable bonds is 6. The highest BCUT2D eigenvalue weighted by Gasteiger charge is 2.02. The summed E-state index contributed by atoms with van der Waals surface area (Å²) < 4.78 is 6.04. The van der Waals surface area contributed by atoms with E-state index in [1.54, 1.807) is 7.11 Å². The van der Waals surface area contributed by atoms with Crippen LogP contribution in [0.2, 0.25) is 0 Å². The fraction of sp³-hybridized carbons (Fsp3) is 0.357. The first kappa shape index (κ1) is 13.3. The summed E-state index contributed by atoms with van der Waals surface area (Å²) in [4.78, 5) is 4.46. The molecule has 1 aromatic heterocycles. The van der Waals surface area contributed by atoms with Gasteiger partial charge in [0.25, 0.3) is 0 Å². The number of para-hydroxylation sites is 1. The van der Waals surface area contributed by atoms with Gasteiger partial charge in [0.05, 0.1) is 11.2 Å². The third-order valence-electron chi connectivity index (χ3n) is 2.77. The van der Waals surface area contributed by atoms with E-state index in [4.69, 9.17) is 4.74 Å². The molecule has 0 spiro atoms. The Labute approximate surface area is 116 Å². The highest BCUT2D eigenvalue weighted by molar-refractivity contribution is 9.10. The van der Waals surface area contributed by atoms with E-state index < -0.39 is 0 Å². The molecule has 0 saturated carbocycles. The van der Waals surface area contributed by atoms with Gasteiger partial charge in [-0.1, -0.05) is 12.1 Å². The molecule has 2 rings (SSSR count). The number of aromatic nitrogens is 1. The minimum Gasteiger partial charge on any atom is -0.385 e. The Balaban J connectivity index is 2.04. The zero-order chi connectivity index (χ0) is 12.8. The molecule has 18 heavy (non-hydrogen) atoms. The Morgan fingerprint density at radius 2 is 2.22 bits per heavy atom. The van der Waals surface area contributed by atoms with Crippen molar-refractivity contribution in [1.82, 2.24) is 4.98 Å². The monoisotopic (exact) mass is 308 g/mol. The minimum atomic E-state index is 0.822. The molecule has 96 valence electrons. The normalized spacial score (nSPS) is 10.8. The summed E-state index contributed by atoms with van der Waals surface area (Å²) in [5, 5.41) is 4.58. The first-order valence-electron chi connectivity index (χ1n) is 6.08. The number of anilines is 1. The number of hydrogen-bond donors (Lipinski definition) is 1. The summed E-state index contributed by atoms with van der Waals surface area (Å²) in [6.07, 6.45) is 4.01. The number of nitrogens with zero attached hydrogens (tertiary/aromatic N) is 1. The molecule has 3 nitrogen and oxygen atoms in total. The Bertz CT molecular complexity index is 516. The van der Waals surface area contributed by atoms with E-state index >= 15 is 0 Å². The van der Waals surface area contributed by atoms with E-state index in [2.05, 4.69) is 44.4 Å². The second kappa shape index (κ2) is 6.71. The second-order valence-electron chi connectivity index (χ2n) is 4.16. The zero-order valence-electron chi connectivity index (χ0n) is 10.4. The predicted molar refractivity (Wildman–Crippen MR) is 79.0 cm³/mol. The molecule has 0 atom stereocenters. The van der Waals surface area contributed by atoms with Crippen LogP contribution in [0.4, 0.5) is 5.69 Å². The molecule has 0 unspecified atom stereocenters. The number of hydrogen-bond acceptors (Lipinski definition) is 3. The van der Waals surface area contributed by atoms with Gasteiger partial charge in [-0.05, 0) is 40.9 Å². The molecule has 4 heteroatoms. The molecule has 0 aliphatic rings. The van der Waals surface area contributed by atoms with E-state index in [1.165, 1.54) is 0 Å². The molecule has 1 heterocycles. The van der Waals surface area contributed by atoms with E-state index in [0.29, 0.717) is 0 Å². The van der Waals surface area contributed by atoms with Crippen LogP contribution in [0.3, 0.4) is 0 Å². The molecular formula is C14H17BrN2O. The fourth-order valence-corrected chi connectivity index (χ4v) is 2.22. The molecular weight excluding hydrogens is 292 g/mol. The maximum Gasteiger partial charge on any atom is 0.0934 e. The second-order valence-corrected chi connectivity index (χ2v) is 5.07. The van der Waals surface area contributed by atoms with Crippen LogP contribution in [0, 0.1) is 0 Å². The Morgan fingerprint density at radius 1 is 1.33 bits per heavy atom. The van der Waals surface area contributed by atoms with Gasteiger partial charge in [0.1, 0.15) is 0 Å². The number of methoxy groups -OCH3 is 1. The lowest BCUT2D eigenvalue weighted by molar-refractivity contribution is 0.194. The third kappa shape index (κ3) is 3.43. The predicted octanol–water partition coefficient (Wildman–Crippen LogP) is 3.84. The number of pyridine rings is 1. The van der Waals surface area contributed by atoms with Gasteiger partial charge in [0.15, 0.2) is 0 Å². The number of halogens is 1.